The van der Waals surface area contributed by atoms with E-state index in [-0.39, 0.29) is 22.0 Å². The summed E-state index contributed by atoms with van der Waals surface area (Å²) >= 11 is 11.9. The van der Waals surface area contributed by atoms with Gasteiger partial charge in [0.1, 0.15) is 11.9 Å². The molecule has 0 radical (unpaired) electrons. The number of halogens is 3. The van der Waals surface area contributed by atoms with E-state index in [0.29, 0.717) is 5.69 Å². The van der Waals surface area contributed by atoms with Gasteiger partial charge in [0.05, 0.1) is 15.7 Å². The first-order chi connectivity index (χ1) is 9.47. The van der Waals surface area contributed by atoms with Crippen LogP contribution in [0.2, 0.25) is 10.0 Å². The molecule has 2 N–H and O–H groups in total. The normalized spacial score (nSPS) is 17.0. The molecule has 0 spiro atoms. The van der Waals surface area contributed by atoms with Gasteiger partial charge in [-0.15, -0.1) is 0 Å². The van der Waals surface area contributed by atoms with Gasteiger partial charge in [0.25, 0.3) is 0 Å². The summed E-state index contributed by atoms with van der Waals surface area (Å²) in [5.74, 6) is -0.609. The second kappa shape index (κ2) is 6.64. The lowest BCUT2D eigenvalue weighted by Crippen LogP contribution is -2.42. The van der Waals surface area contributed by atoms with E-state index < -0.39 is 11.9 Å². The quantitative estimate of drug-likeness (QED) is 0.881. The highest BCUT2D eigenvalue weighted by Crippen LogP contribution is 2.31. The Balaban J connectivity index is 2.00. The molecular formula is C14H17Cl2FN2O. The predicted molar refractivity (Wildman–Crippen MR) is 79.9 cm³/mol. The summed E-state index contributed by atoms with van der Waals surface area (Å²) in [4.78, 5) is 12.1. The fraction of sp³-hybridized carbons (Fsp3) is 0.500. The Labute approximate surface area is 127 Å². The van der Waals surface area contributed by atoms with Crippen molar-refractivity contribution in [3.8, 4) is 0 Å². The average molecular weight is 319 g/mol. The smallest absolute Gasteiger partial charge is 0.242 e. The van der Waals surface area contributed by atoms with E-state index >= 15 is 0 Å². The van der Waals surface area contributed by atoms with Crippen molar-refractivity contribution in [1.82, 2.24) is 5.32 Å². The van der Waals surface area contributed by atoms with Crippen LogP contribution in [0.1, 0.15) is 32.6 Å². The van der Waals surface area contributed by atoms with E-state index in [0.717, 1.165) is 37.8 Å². The van der Waals surface area contributed by atoms with Crippen molar-refractivity contribution in [1.29, 1.82) is 0 Å². The van der Waals surface area contributed by atoms with Gasteiger partial charge in [-0.2, -0.15) is 0 Å². The van der Waals surface area contributed by atoms with Crippen LogP contribution in [0.3, 0.4) is 0 Å². The first kappa shape index (κ1) is 15.4. The van der Waals surface area contributed by atoms with Gasteiger partial charge < -0.3 is 10.6 Å². The summed E-state index contributed by atoms with van der Waals surface area (Å²) in [7, 11) is 0. The summed E-state index contributed by atoms with van der Waals surface area (Å²) in [5.41, 5.74) is 0.379. The van der Waals surface area contributed by atoms with Crippen molar-refractivity contribution < 1.29 is 9.18 Å². The van der Waals surface area contributed by atoms with E-state index in [1.165, 1.54) is 0 Å². The van der Waals surface area contributed by atoms with Crippen LogP contribution in [0.25, 0.3) is 0 Å². The van der Waals surface area contributed by atoms with Gasteiger partial charge in [0.15, 0.2) is 0 Å². The minimum absolute atomic E-state index is 0.103. The number of rotatable bonds is 4. The van der Waals surface area contributed by atoms with Crippen LogP contribution in [0.5, 0.6) is 0 Å². The maximum atomic E-state index is 13.1. The summed E-state index contributed by atoms with van der Waals surface area (Å²) in [5, 5.41) is 6.25. The summed E-state index contributed by atoms with van der Waals surface area (Å²) in [6.07, 6.45) is 4.36. The number of carbonyl (C=O) groups is 1. The van der Waals surface area contributed by atoms with Crippen molar-refractivity contribution in [2.45, 2.75) is 44.7 Å². The largest absolute Gasteiger partial charge is 0.371 e. The number of nitrogens with one attached hydrogen (secondary N) is 2. The van der Waals surface area contributed by atoms with Gasteiger partial charge >= 0.3 is 0 Å². The molecule has 1 aromatic rings. The molecular weight excluding hydrogens is 302 g/mol. The predicted octanol–water partition coefficient (Wildman–Crippen LogP) is 3.99. The van der Waals surface area contributed by atoms with Crippen LogP contribution in [0, 0.1) is 5.82 Å². The van der Waals surface area contributed by atoms with Gasteiger partial charge in [0.2, 0.25) is 5.91 Å². The summed E-state index contributed by atoms with van der Waals surface area (Å²) in [6, 6.07) is 2.09. The topological polar surface area (TPSA) is 41.1 Å². The fourth-order valence-corrected chi connectivity index (χ4v) is 2.93. The molecule has 0 aliphatic heterocycles. The summed E-state index contributed by atoms with van der Waals surface area (Å²) < 4.78 is 13.1. The molecule has 0 heterocycles. The number of benzene rings is 1. The van der Waals surface area contributed by atoms with Gasteiger partial charge in [-0.05, 0) is 31.9 Å². The second-order valence-corrected chi connectivity index (χ2v) is 5.91. The highest BCUT2D eigenvalue weighted by atomic mass is 35.5. The van der Waals surface area contributed by atoms with E-state index in [9.17, 15) is 9.18 Å². The lowest BCUT2D eigenvalue weighted by molar-refractivity contribution is -0.122. The molecule has 1 aliphatic rings. The standard InChI is InChI=1S/C14H17Cl2FN2O/c1-8(14(20)19-10-4-2-3-5-10)18-13-11(15)6-9(17)7-12(13)16/h6-8,10,18H,2-5H2,1H3,(H,19,20). The van der Waals surface area contributed by atoms with Crippen molar-refractivity contribution in [2.75, 3.05) is 5.32 Å². The average Bonchev–Trinajstić information content (AvgIpc) is 2.86. The van der Waals surface area contributed by atoms with Crippen LogP contribution in [-0.4, -0.2) is 18.0 Å². The molecule has 1 unspecified atom stereocenters. The third kappa shape index (κ3) is 3.76. The van der Waals surface area contributed by atoms with Crippen LogP contribution >= 0.6 is 23.2 Å². The molecule has 1 fully saturated rings. The zero-order valence-electron chi connectivity index (χ0n) is 11.2. The van der Waals surface area contributed by atoms with Crippen molar-refractivity contribution >= 4 is 34.8 Å². The molecule has 3 nitrogen and oxygen atoms in total. The van der Waals surface area contributed by atoms with Gasteiger partial charge in [-0.1, -0.05) is 36.0 Å². The van der Waals surface area contributed by atoms with E-state index in [2.05, 4.69) is 10.6 Å². The highest BCUT2D eigenvalue weighted by Gasteiger charge is 2.21. The van der Waals surface area contributed by atoms with Crippen LogP contribution in [0.4, 0.5) is 10.1 Å². The van der Waals surface area contributed by atoms with Crippen LogP contribution < -0.4 is 10.6 Å². The van der Waals surface area contributed by atoms with Gasteiger partial charge in [-0.3, -0.25) is 4.79 Å². The lowest BCUT2D eigenvalue weighted by Gasteiger charge is -2.20. The van der Waals surface area contributed by atoms with Crippen LogP contribution in [-0.2, 0) is 4.79 Å². The Morgan fingerprint density at radius 2 is 1.85 bits per heavy atom. The minimum atomic E-state index is -0.506. The first-order valence-corrected chi connectivity index (χ1v) is 7.44. The number of carbonyl (C=O) groups excluding carboxylic acids is 1. The molecule has 1 aromatic carbocycles. The molecule has 0 aromatic heterocycles. The first-order valence-electron chi connectivity index (χ1n) is 6.69. The third-order valence-electron chi connectivity index (χ3n) is 3.46. The maximum absolute atomic E-state index is 13.1. The van der Waals surface area contributed by atoms with Crippen molar-refractivity contribution in [3.05, 3.63) is 28.0 Å². The Morgan fingerprint density at radius 1 is 1.30 bits per heavy atom. The molecule has 1 aliphatic carbocycles. The summed E-state index contributed by atoms with van der Waals surface area (Å²) in [6.45, 7) is 1.72. The number of amides is 1. The molecule has 0 bridgehead atoms. The minimum Gasteiger partial charge on any atom is -0.371 e. The van der Waals surface area contributed by atoms with Gasteiger partial charge in [0, 0.05) is 6.04 Å². The molecule has 1 atom stereocenters. The van der Waals surface area contributed by atoms with Crippen molar-refractivity contribution in [2.24, 2.45) is 0 Å². The lowest BCUT2D eigenvalue weighted by atomic mass is 10.2. The zero-order chi connectivity index (χ0) is 14.7. The zero-order valence-corrected chi connectivity index (χ0v) is 12.7. The Bertz CT molecular complexity index is 481. The SMILES string of the molecule is CC(Nc1c(Cl)cc(F)cc1Cl)C(=O)NC1CCCC1. The fourth-order valence-electron chi connectivity index (χ4n) is 2.36. The Hall–Kier alpha value is -1.00. The number of hydrogen-bond donors (Lipinski definition) is 2. The second-order valence-electron chi connectivity index (χ2n) is 5.10. The van der Waals surface area contributed by atoms with Gasteiger partial charge in [-0.25, -0.2) is 4.39 Å². The molecule has 6 heteroatoms. The number of hydrogen-bond acceptors (Lipinski definition) is 2. The van der Waals surface area contributed by atoms with E-state index in [4.69, 9.17) is 23.2 Å². The molecule has 110 valence electrons. The highest BCUT2D eigenvalue weighted by molar-refractivity contribution is 6.39. The Morgan fingerprint density at radius 3 is 2.40 bits per heavy atom. The molecule has 0 saturated heterocycles. The molecule has 1 amide bonds. The number of anilines is 1. The Kier molecular flexibility index (Phi) is 5.11. The maximum Gasteiger partial charge on any atom is 0.242 e. The molecule has 2 rings (SSSR count). The monoisotopic (exact) mass is 318 g/mol. The van der Waals surface area contributed by atoms with E-state index in [1.807, 2.05) is 0 Å². The van der Waals surface area contributed by atoms with Crippen molar-refractivity contribution in [3.63, 3.8) is 0 Å². The molecule has 1 saturated carbocycles. The third-order valence-corrected chi connectivity index (χ3v) is 4.06. The molecule has 20 heavy (non-hydrogen) atoms. The van der Waals surface area contributed by atoms with Crippen LogP contribution in [0.15, 0.2) is 12.1 Å². The van der Waals surface area contributed by atoms with E-state index in [1.54, 1.807) is 6.92 Å².